The van der Waals surface area contributed by atoms with Gasteiger partial charge in [-0.25, -0.2) is 4.98 Å². The predicted molar refractivity (Wildman–Crippen MR) is 83.1 cm³/mol. The fourth-order valence-corrected chi connectivity index (χ4v) is 2.82. The van der Waals surface area contributed by atoms with Gasteiger partial charge in [0.05, 0.1) is 18.1 Å². The van der Waals surface area contributed by atoms with Crippen molar-refractivity contribution in [2.45, 2.75) is 10.9 Å². The van der Waals surface area contributed by atoms with E-state index in [9.17, 15) is 0 Å². The van der Waals surface area contributed by atoms with Crippen LogP contribution in [-0.4, -0.2) is 17.1 Å². The Bertz CT molecular complexity index is 739. The topological polar surface area (TPSA) is 63.9 Å². The van der Waals surface area contributed by atoms with E-state index in [1.54, 1.807) is 18.9 Å². The number of nitrogens with two attached hydrogens (primary N) is 1. The summed E-state index contributed by atoms with van der Waals surface area (Å²) in [5, 5.41) is 0.899. The number of nitrogen functional groups attached to an aromatic ring is 1. The number of anilines is 1. The predicted octanol–water partition coefficient (Wildman–Crippen LogP) is 3.45. The van der Waals surface area contributed by atoms with Gasteiger partial charge < -0.3 is 15.5 Å². The molecule has 0 radical (unpaired) electrons. The van der Waals surface area contributed by atoms with Crippen LogP contribution in [0.1, 0.15) is 5.56 Å². The third-order valence-corrected chi connectivity index (χ3v) is 3.94. The smallest absolute Gasteiger partial charge is 0.166 e. The summed E-state index contributed by atoms with van der Waals surface area (Å²) < 4.78 is 5.21. The van der Waals surface area contributed by atoms with Gasteiger partial charge in [0, 0.05) is 17.5 Å². The number of imidazole rings is 1. The zero-order valence-corrected chi connectivity index (χ0v) is 11.9. The van der Waals surface area contributed by atoms with Gasteiger partial charge in [-0.2, -0.15) is 0 Å². The van der Waals surface area contributed by atoms with E-state index in [1.165, 1.54) is 5.56 Å². The quantitative estimate of drug-likeness (QED) is 0.569. The van der Waals surface area contributed by atoms with Crippen molar-refractivity contribution in [1.29, 1.82) is 0 Å². The number of thioether (sulfide) groups is 1. The molecule has 0 aliphatic rings. The molecule has 0 aliphatic heterocycles. The molecule has 102 valence electrons. The van der Waals surface area contributed by atoms with Crippen LogP contribution in [0.25, 0.3) is 11.0 Å². The van der Waals surface area contributed by atoms with Gasteiger partial charge in [-0.1, -0.05) is 23.9 Å². The maximum absolute atomic E-state index is 5.77. The maximum atomic E-state index is 5.77. The summed E-state index contributed by atoms with van der Waals surface area (Å²) in [5.74, 6) is 1.66. The summed E-state index contributed by atoms with van der Waals surface area (Å²) in [5.41, 5.74) is 9.68. The van der Waals surface area contributed by atoms with Crippen LogP contribution in [0, 0.1) is 0 Å². The molecular formula is C15H15N3OS. The van der Waals surface area contributed by atoms with Crippen molar-refractivity contribution in [3.63, 3.8) is 0 Å². The average molecular weight is 285 g/mol. The third-order valence-electron chi connectivity index (χ3n) is 2.99. The maximum Gasteiger partial charge on any atom is 0.166 e. The lowest BCUT2D eigenvalue weighted by atomic mass is 10.2. The van der Waals surface area contributed by atoms with Gasteiger partial charge in [-0.3, -0.25) is 0 Å². The number of hydrogen-bond donors (Lipinski definition) is 2. The molecule has 1 heterocycles. The highest BCUT2D eigenvalue weighted by molar-refractivity contribution is 7.98. The summed E-state index contributed by atoms with van der Waals surface area (Å²) in [7, 11) is 1.66. The lowest BCUT2D eigenvalue weighted by molar-refractivity contribution is 0.415. The zero-order chi connectivity index (χ0) is 13.9. The number of H-pyrrole nitrogens is 1. The van der Waals surface area contributed by atoms with Crippen LogP contribution in [0.3, 0.4) is 0 Å². The van der Waals surface area contributed by atoms with Gasteiger partial charge in [0.1, 0.15) is 5.75 Å². The molecule has 0 saturated carbocycles. The Morgan fingerprint density at radius 1 is 1.25 bits per heavy atom. The van der Waals surface area contributed by atoms with Crippen LogP contribution in [0.4, 0.5) is 5.69 Å². The van der Waals surface area contributed by atoms with Crippen LogP contribution in [0.5, 0.6) is 5.75 Å². The molecule has 0 amide bonds. The molecule has 3 N–H and O–H groups in total. The molecule has 0 aliphatic carbocycles. The molecule has 5 heteroatoms. The van der Waals surface area contributed by atoms with E-state index in [-0.39, 0.29) is 0 Å². The second kappa shape index (κ2) is 5.46. The van der Waals surface area contributed by atoms with E-state index in [1.807, 2.05) is 36.4 Å². The van der Waals surface area contributed by atoms with Crippen LogP contribution < -0.4 is 10.5 Å². The number of ether oxygens (including phenoxy) is 1. The molecule has 0 unspecified atom stereocenters. The van der Waals surface area contributed by atoms with E-state index in [2.05, 4.69) is 16.0 Å². The molecule has 0 spiro atoms. The molecule has 1 aromatic heterocycles. The average Bonchev–Trinajstić information content (AvgIpc) is 2.87. The number of methoxy groups -OCH3 is 1. The first-order valence-electron chi connectivity index (χ1n) is 6.25. The van der Waals surface area contributed by atoms with Gasteiger partial charge in [0.2, 0.25) is 0 Å². The number of aromatic nitrogens is 2. The lowest BCUT2D eigenvalue weighted by Crippen LogP contribution is -1.87. The number of hydrogen-bond acceptors (Lipinski definition) is 4. The first-order valence-corrected chi connectivity index (χ1v) is 7.24. The second-order valence-electron chi connectivity index (χ2n) is 4.46. The minimum Gasteiger partial charge on any atom is -0.497 e. The van der Waals surface area contributed by atoms with Gasteiger partial charge >= 0.3 is 0 Å². The second-order valence-corrected chi connectivity index (χ2v) is 5.42. The summed E-state index contributed by atoms with van der Waals surface area (Å²) >= 11 is 1.66. The van der Waals surface area contributed by atoms with E-state index in [4.69, 9.17) is 10.5 Å². The van der Waals surface area contributed by atoms with Gasteiger partial charge in [0.15, 0.2) is 5.16 Å². The molecule has 20 heavy (non-hydrogen) atoms. The summed E-state index contributed by atoms with van der Waals surface area (Å²) in [6.45, 7) is 0. The molecule has 2 aromatic carbocycles. The van der Waals surface area contributed by atoms with Crippen LogP contribution in [0.2, 0.25) is 0 Å². The Balaban J connectivity index is 1.77. The fourth-order valence-electron chi connectivity index (χ4n) is 2.00. The number of rotatable bonds is 4. The molecule has 3 rings (SSSR count). The van der Waals surface area contributed by atoms with Gasteiger partial charge in [-0.05, 0) is 29.8 Å². The Morgan fingerprint density at radius 3 is 2.95 bits per heavy atom. The van der Waals surface area contributed by atoms with E-state index in [0.717, 1.165) is 33.4 Å². The third kappa shape index (κ3) is 2.72. The SMILES string of the molecule is COc1ccc2nc(SCc3cccc(N)c3)[nH]c2c1. The summed E-state index contributed by atoms with van der Waals surface area (Å²) in [4.78, 5) is 7.84. The highest BCUT2D eigenvalue weighted by Crippen LogP contribution is 2.25. The largest absolute Gasteiger partial charge is 0.497 e. The van der Waals surface area contributed by atoms with Crippen LogP contribution in [-0.2, 0) is 5.75 Å². The summed E-state index contributed by atoms with van der Waals surface area (Å²) in [6.07, 6.45) is 0. The highest BCUT2D eigenvalue weighted by Gasteiger charge is 2.05. The molecule has 0 fully saturated rings. The van der Waals surface area contributed by atoms with Crippen molar-refractivity contribution in [3.8, 4) is 5.75 Å². The minimum absolute atomic E-state index is 0.789. The number of benzene rings is 2. The van der Waals surface area contributed by atoms with Crippen LogP contribution >= 0.6 is 11.8 Å². The molecule has 0 atom stereocenters. The molecular weight excluding hydrogens is 270 g/mol. The number of nitrogens with one attached hydrogen (secondary N) is 1. The summed E-state index contributed by atoms with van der Waals surface area (Å²) in [6, 6.07) is 13.7. The van der Waals surface area contributed by atoms with Gasteiger partial charge in [0.25, 0.3) is 0 Å². The monoisotopic (exact) mass is 285 g/mol. The van der Waals surface area contributed by atoms with E-state index in [0.29, 0.717) is 0 Å². The molecule has 0 bridgehead atoms. The fraction of sp³-hybridized carbons (Fsp3) is 0.133. The number of aromatic amines is 1. The first kappa shape index (κ1) is 12.9. The van der Waals surface area contributed by atoms with Crippen molar-refractivity contribution in [2.24, 2.45) is 0 Å². The highest BCUT2D eigenvalue weighted by atomic mass is 32.2. The van der Waals surface area contributed by atoms with E-state index < -0.39 is 0 Å². The Kier molecular flexibility index (Phi) is 3.52. The van der Waals surface area contributed by atoms with Crippen LogP contribution in [0.15, 0.2) is 47.6 Å². The minimum atomic E-state index is 0.789. The Hall–Kier alpha value is -2.14. The molecule has 0 saturated heterocycles. The normalized spacial score (nSPS) is 10.8. The number of fused-ring (bicyclic) bond motifs is 1. The van der Waals surface area contributed by atoms with Crippen molar-refractivity contribution in [2.75, 3.05) is 12.8 Å². The molecule has 4 nitrogen and oxygen atoms in total. The lowest BCUT2D eigenvalue weighted by Gasteiger charge is -2.00. The van der Waals surface area contributed by atoms with E-state index >= 15 is 0 Å². The molecule has 3 aromatic rings. The first-order chi connectivity index (χ1) is 9.74. The van der Waals surface area contributed by atoms with Crippen molar-refractivity contribution >= 4 is 28.5 Å². The number of nitrogens with zero attached hydrogens (tertiary/aromatic N) is 1. The van der Waals surface area contributed by atoms with Crippen molar-refractivity contribution in [1.82, 2.24) is 9.97 Å². The van der Waals surface area contributed by atoms with Crippen molar-refractivity contribution in [3.05, 3.63) is 48.0 Å². The Labute approximate surface area is 121 Å². The van der Waals surface area contributed by atoms with Gasteiger partial charge in [-0.15, -0.1) is 0 Å². The zero-order valence-electron chi connectivity index (χ0n) is 11.1. The Morgan fingerprint density at radius 2 is 2.15 bits per heavy atom. The standard InChI is InChI=1S/C15H15N3OS/c1-19-12-5-6-13-14(8-12)18-15(17-13)20-9-10-3-2-4-11(16)7-10/h2-8H,9,16H2,1H3,(H,17,18). The van der Waals surface area contributed by atoms with Crippen molar-refractivity contribution < 1.29 is 4.74 Å².